The first-order valence-electron chi connectivity index (χ1n) is 9.92. The molecule has 31 heavy (non-hydrogen) atoms. The molecule has 1 atom stereocenters. The zero-order valence-corrected chi connectivity index (χ0v) is 17.2. The lowest BCUT2D eigenvalue weighted by atomic mass is 10.1. The van der Waals surface area contributed by atoms with E-state index in [0.717, 1.165) is 33.6 Å². The number of hydrogen-bond acceptors (Lipinski definition) is 5. The van der Waals surface area contributed by atoms with Gasteiger partial charge in [-0.3, -0.25) is 4.57 Å². The molecular weight excluding hydrogens is 395 g/mol. The lowest BCUT2D eigenvalue weighted by Gasteiger charge is -2.36. The van der Waals surface area contributed by atoms with Gasteiger partial charge in [0.1, 0.15) is 11.6 Å². The zero-order chi connectivity index (χ0) is 21.4. The molecule has 1 aliphatic rings. The van der Waals surface area contributed by atoms with Gasteiger partial charge in [0.05, 0.1) is 30.9 Å². The van der Waals surface area contributed by atoms with Crippen molar-refractivity contribution < 1.29 is 13.9 Å². The van der Waals surface area contributed by atoms with E-state index in [1.807, 2.05) is 53.2 Å². The number of imidazole rings is 1. The molecule has 0 saturated heterocycles. The van der Waals surface area contributed by atoms with Crippen LogP contribution in [0.2, 0.25) is 0 Å². The molecule has 1 aromatic heterocycles. The molecule has 0 fully saturated rings. The van der Waals surface area contributed by atoms with Gasteiger partial charge >= 0.3 is 0 Å². The number of ether oxygens (including phenoxy) is 2. The molecule has 156 valence electrons. The zero-order valence-electron chi connectivity index (χ0n) is 17.2. The molecule has 0 amide bonds. The average molecular weight is 416 g/mol. The van der Waals surface area contributed by atoms with Gasteiger partial charge in [-0.15, -0.1) is 0 Å². The molecule has 3 aromatic carbocycles. The number of para-hydroxylation sites is 3. The number of rotatable bonds is 5. The highest BCUT2D eigenvalue weighted by Gasteiger charge is 2.31. The summed E-state index contributed by atoms with van der Waals surface area (Å²) in [7, 11) is 3.25. The maximum Gasteiger partial charge on any atom is 0.300 e. The minimum absolute atomic E-state index is 0.266. The largest absolute Gasteiger partial charge is 0.495 e. The molecule has 5 rings (SSSR count). The van der Waals surface area contributed by atoms with E-state index in [1.165, 1.54) is 12.1 Å². The molecule has 2 heterocycles. The quantitative estimate of drug-likeness (QED) is 0.470. The number of anilines is 1. The van der Waals surface area contributed by atoms with Crippen LogP contribution >= 0.6 is 0 Å². The second-order valence-electron chi connectivity index (χ2n) is 7.23. The van der Waals surface area contributed by atoms with Crippen molar-refractivity contribution in [3.05, 3.63) is 83.7 Å². The Morgan fingerprint density at radius 2 is 1.74 bits per heavy atom. The number of nitrogens with zero attached hydrogens (tertiary/aromatic N) is 4. The van der Waals surface area contributed by atoms with Crippen molar-refractivity contribution in [3.63, 3.8) is 0 Å². The predicted molar refractivity (Wildman–Crippen MR) is 118 cm³/mol. The normalized spacial score (nSPS) is 15.2. The monoisotopic (exact) mass is 416 g/mol. The Hall–Kier alpha value is -3.87. The molecule has 0 radical (unpaired) electrons. The Labute approximate surface area is 179 Å². The molecule has 0 saturated carbocycles. The van der Waals surface area contributed by atoms with Crippen molar-refractivity contribution in [2.24, 2.45) is 4.99 Å². The summed E-state index contributed by atoms with van der Waals surface area (Å²) in [5.41, 5.74) is 4.53. The van der Waals surface area contributed by atoms with Crippen molar-refractivity contribution in [1.82, 2.24) is 9.55 Å². The van der Waals surface area contributed by atoms with E-state index in [9.17, 15) is 4.39 Å². The molecule has 0 aliphatic carbocycles. The van der Waals surface area contributed by atoms with Gasteiger partial charge in [-0.05, 0) is 35.9 Å². The Bertz CT molecular complexity index is 1270. The van der Waals surface area contributed by atoms with Crippen LogP contribution in [0.4, 0.5) is 10.1 Å². The van der Waals surface area contributed by atoms with Crippen molar-refractivity contribution in [2.75, 3.05) is 19.1 Å². The van der Waals surface area contributed by atoms with Crippen LogP contribution in [0.3, 0.4) is 0 Å². The number of methoxy groups -OCH3 is 2. The number of halogens is 1. The summed E-state index contributed by atoms with van der Waals surface area (Å²) in [4.78, 5) is 11.6. The number of benzene rings is 3. The lowest BCUT2D eigenvalue weighted by molar-refractivity contribution is 0.334. The van der Waals surface area contributed by atoms with Crippen molar-refractivity contribution in [1.29, 1.82) is 0 Å². The van der Waals surface area contributed by atoms with Gasteiger partial charge in [-0.1, -0.05) is 36.4 Å². The number of aromatic nitrogens is 2. The standard InChI is InChI=1S/C24H21FN4O2/c1-30-21-9-5-6-17-14-26-23(28(22(17)21)15-16-10-12-18(25)13-11-16)29-20-8-4-3-7-19(20)27-24(29)31-2/h3-14,23H,15H2,1-2H3. The van der Waals surface area contributed by atoms with E-state index in [2.05, 4.69) is 9.88 Å². The fourth-order valence-corrected chi connectivity index (χ4v) is 4.00. The molecule has 0 N–H and O–H groups in total. The molecule has 4 aromatic rings. The second-order valence-corrected chi connectivity index (χ2v) is 7.23. The Morgan fingerprint density at radius 3 is 2.52 bits per heavy atom. The molecule has 7 heteroatoms. The summed E-state index contributed by atoms with van der Waals surface area (Å²) in [6.07, 6.45) is 1.38. The maximum atomic E-state index is 13.5. The van der Waals surface area contributed by atoms with Gasteiger partial charge in [-0.25, -0.2) is 9.38 Å². The van der Waals surface area contributed by atoms with E-state index >= 15 is 0 Å². The van der Waals surface area contributed by atoms with E-state index < -0.39 is 6.29 Å². The van der Waals surface area contributed by atoms with Crippen LogP contribution in [0, 0.1) is 5.82 Å². The van der Waals surface area contributed by atoms with Crippen LogP contribution in [0.15, 0.2) is 71.7 Å². The molecular formula is C24H21FN4O2. The van der Waals surface area contributed by atoms with Crippen molar-refractivity contribution in [2.45, 2.75) is 12.8 Å². The van der Waals surface area contributed by atoms with Crippen LogP contribution < -0.4 is 14.4 Å². The smallest absolute Gasteiger partial charge is 0.300 e. The SMILES string of the molecule is COc1cccc2c1N(Cc1ccc(F)cc1)C(n1c(OC)nc3ccccc31)N=C2. The summed E-state index contributed by atoms with van der Waals surface area (Å²) in [6.45, 7) is 0.491. The maximum absolute atomic E-state index is 13.5. The fraction of sp³-hybridized carbons (Fsp3) is 0.167. The van der Waals surface area contributed by atoms with Gasteiger partial charge < -0.3 is 14.4 Å². The van der Waals surface area contributed by atoms with Crippen molar-refractivity contribution >= 4 is 22.9 Å². The second kappa shape index (κ2) is 7.75. The topological polar surface area (TPSA) is 51.9 Å². The van der Waals surface area contributed by atoms with Crippen LogP contribution in [0.5, 0.6) is 11.8 Å². The minimum Gasteiger partial charge on any atom is -0.495 e. The molecule has 6 nitrogen and oxygen atoms in total. The summed E-state index contributed by atoms with van der Waals surface area (Å²) in [5.74, 6) is 0.469. The van der Waals surface area contributed by atoms with Gasteiger partial charge in [-0.2, -0.15) is 4.98 Å². The highest BCUT2D eigenvalue weighted by atomic mass is 19.1. The first-order chi connectivity index (χ1) is 15.2. The highest BCUT2D eigenvalue weighted by Crippen LogP contribution is 2.41. The van der Waals surface area contributed by atoms with Gasteiger partial charge in [0, 0.05) is 18.3 Å². The van der Waals surface area contributed by atoms with Crippen LogP contribution in [-0.2, 0) is 6.54 Å². The Morgan fingerprint density at radius 1 is 0.935 bits per heavy atom. The molecule has 1 unspecified atom stereocenters. The summed E-state index contributed by atoms with van der Waals surface area (Å²) >= 11 is 0. The van der Waals surface area contributed by atoms with E-state index in [4.69, 9.17) is 14.5 Å². The Kier molecular flexibility index (Phi) is 4.78. The van der Waals surface area contributed by atoms with Gasteiger partial charge in [0.25, 0.3) is 6.01 Å². The third kappa shape index (κ3) is 3.28. The van der Waals surface area contributed by atoms with E-state index in [1.54, 1.807) is 26.4 Å². The third-order valence-electron chi connectivity index (χ3n) is 5.41. The first-order valence-corrected chi connectivity index (χ1v) is 9.92. The third-order valence-corrected chi connectivity index (χ3v) is 5.41. The number of hydrogen-bond donors (Lipinski definition) is 0. The molecule has 0 spiro atoms. The number of aliphatic imine (C=N–C) groups is 1. The summed E-state index contributed by atoms with van der Waals surface area (Å²) in [5, 5.41) is 0. The number of fused-ring (bicyclic) bond motifs is 2. The Balaban J connectivity index is 1.70. The molecule has 0 bridgehead atoms. The van der Waals surface area contributed by atoms with Gasteiger partial charge in [0.15, 0.2) is 0 Å². The van der Waals surface area contributed by atoms with E-state index in [-0.39, 0.29) is 5.82 Å². The summed E-state index contributed by atoms with van der Waals surface area (Å²) < 4.78 is 26.8. The summed E-state index contributed by atoms with van der Waals surface area (Å²) in [6, 6.07) is 20.7. The first kappa shape index (κ1) is 19.1. The lowest BCUT2D eigenvalue weighted by Crippen LogP contribution is -2.34. The van der Waals surface area contributed by atoms with Crippen LogP contribution in [0.1, 0.15) is 17.4 Å². The fourth-order valence-electron chi connectivity index (χ4n) is 4.00. The predicted octanol–water partition coefficient (Wildman–Crippen LogP) is 4.79. The van der Waals surface area contributed by atoms with Gasteiger partial charge in [0.2, 0.25) is 6.29 Å². The molecule has 1 aliphatic heterocycles. The highest BCUT2D eigenvalue weighted by molar-refractivity contribution is 5.92. The van der Waals surface area contributed by atoms with Crippen LogP contribution in [-0.4, -0.2) is 30.0 Å². The average Bonchev–Trinajstić information content (AvgIpc) is 3.18. The van der Waals surface area contributed by atoms with Crippen molar-refractivity contribution in [3.8, 4) is 11.8 Å². The van der Waals surface area contributed by atoms with E-state index in [0.29, 0.717) is 12.6 Å². The minimum atomic E-state index is -0.462. The van der Waals surface area contributed by atoms with Crippen LogP contribution in [0.25, 0.3) is 11.0 Å².